The summed E-state index contributed by atoms with van der Waals surface area (Å²) in [7, 11) is 3.46. The highest BCUT2D eigenvalue weighted by Gasteiger charge is 2.46. The third-order valence-electron chi connectivity index (χ3n) is 4.22. The zero-order valence-corrected chi connectivity index (χ0v) is 15.1. The molecule has 0 aliphatic carbocycles. The summed E-state index contributed by atoms with van der Waals surface area (Å²) in [6, 6.07) is -1.63. The Labute approximate surface area is 151 Å². The van der Waals surface area contributed by atoms with Crippen molar-refractivity contribution in [3.8, 4) is 0 Å². The summed E-state index contributed by atoms with van der Waals surface area (Å²) in [6.07, 6.45) is -5.64. The molecular formula is C15H26N4O7. The lowest BCUT2D eigenvalue weighted by Crippen LogP contribution is -2.68. The number of carbonyl (C=O) groups is 2. The van der Waals surface area contributed by atoms with Crippen molar-refractivity contribution in [1.29, 1.82) is 0 Å². The number of hydrogen-bond donors (Lipinski definition) is 5. The summed E-state index contributed by atoms with van der Waals surface area (Å²) in [5.41, 5.74) is 0. The van der Waals surface area contributed by atoms with Crippen molar-refractivity contribution in [2.75, 3.05) is 20.7 Å². The number of rotatable bonds is 4. The maximum absolute atomic E-state index is 12.6. The summed E-state index contributed by atoms with van der Waals surface area (Å²) in [4.78, 5) is 29.8. The van der Waals surface area contributed by atoms with Gasteiger partial charge in [-0.3, -0.25) is 9.59 Å². The van der Waals surface area contributed by atoms with Crippen molar-refractivity contribution in [3.05, 3.63) is 0 Å². The molecule has 2 amide bonds. The Balaban J connectivity index is 2.15. The van der Waals surface area contributed by atoms with E-state index in [0.29, 0.717) is 6.02 Å². The predicted molar refractivity (Wildman–Crippen MR) is 89.0 cm³/mol. The van der Waals surface area contributed by atoms with Gasteiger partial charge >= 0.3 is 0 Å². The molecule has 2 aliphatic rings. The molecule has 0 radical (unpaired) electrons. The molecule has 0 bridgehead atoms. The molecule has 0 unspecified atom stereocenters. The smallest absolute Gasteiger partial charge is 0.288 e. The van der Waals surface area contributed by atoms with Gasteiger partial charge in [0.05, 0.1) is 6.61 Å². The van der Waals surface area contributed by atoms with Crippen molar-refractivity contribution in [2.45, 2.75) is 56.6 Å². The van der Waals surface area contributed by atoms with Crippen LogP contribution in [0, 0.1) is 0 Å². The second-order valence-electron chi connectivity index (χ2n) is 6.57. The van der Waals surface area contributed by atoms with E-state index in [2.05, 4.69) is 15.6 Å². The number of carbonyl (C=O) groups excluding carboxylic acids is 2. The summed E-state index contributed by atoms with van der Waals surface area (Å²) >= 11 is 0. The molecule has 0 spiro atoms. The van der Waals surface area contributed by atoms with E-state index in [-0.39, 0.29) is 0 Å². The molecule has 1 fully saturated rings. The van der Waals surface area contributed by atoms with E-state index in [1.165, 1.54) is 6.92 Å². The van der Waals surface area contributed by atoms with E-state index in [1.807, 2.05) is 0 Å². The quantitative estimate of drug-likeness (QED) is 0.344. The van der Waals surface area contributed by atoms with E-state index in [4.69, 9.17) is 9.47 Å². The highest BCUT2D eigenvalue weighted by atomic mass is 16.5. The van der Waals surface area contributed by atoms with E-state index in [1.54, 1.807) is 25.9 Å². The molecule has 2 heterocycles. The van der Waals surface area contributed by atoms with Crippen molar-refractivity contribution in [3.63, 3.8) is 0 Å². The maximum atomic E-state index is 12.6. The average Bonchev–Trinajstić information content (AvgIpc) is 2.96. The number of amidine groups is 1. The van der Waals surface area contributed by atoms with Gasteiger partial charge in [-0.1, -0.05) is 0 Å². The van der Waals surface area contributed by atoms with Gasteiger partial charge in [0.15, 0.2) is 12.3 Å². The minimum absolute atomic E-state index is 0.310. The Bertz CT molecular complexity index is 570. The first-order valence-corrected chi connectivity index (χ1v) is 8.27. The standard InChI is InChI=1S/C15H26N4O7/c1-6-9(17-15(25-6)19(3)4)13(24)18-14-10(16-7(2)21)12(23)11(22)8(5-20)26-14/h6,8-12,14,20,22-23H,5H2,1-4H3,(H,16,21)(H,18,24)/t6-,8-,9+,10-,11-,12-,14-/m1/s1. The van der Waals surface area contributed by atoms with Gasteiger partial charge in [0, 0.05) is 21.0 Å². The molecule has 0 aromatic heterocycles. The second kappa shape index (κ2) is 8.16. The second-order valence-corrected chi connectivity index (χ2v) is 6.57. The van der Waals surface area contributed by atoms with Gasteiger partial charge < -0.3 is 40.3 Å². The van der Waals surface area contributed by atoms with E-state index < -0.39 is 61.1 Å². The van der Waals surface area contributed by atoms with Crippen LogP contribution in [0.2, 0.25) is 0 Å². The normalized spacial score (nSPS) is 36.7. The van der Waals surface area contributed by atoms with Crippen LogP contribution in [0.15, 0.2) is 4.99 Å². The average molecular weight is 374 g/mol. The van der Waals surface area contributed by atoms with Crippen LogP contribution >= 0.6 is 0 Å². The van der Waals surface area contributed by atoms with E-state index in [0.717, 1.165) is 0 Å². The van der Waals surface area contributed by atoms with Crippen LogP contribution in [-0.2, 0) is 19.1 Å². The van der Waals surface area contributed by atoms with Crippen LogP contribution in [0.5, 0.6) is 0 Å². The zero-order valence-electron chi connectivity index (χ0n) is 15.1. The first-order chi connectivity index (χ1) is 12.1. The molecular weight excluding hydrogens is 348 g/mol. The van der Waals surface area contributed by atoms with E-state index >= 15 is 0 Å². The molecule has 7 atom stereocenters. The lowest BCUT2D eigenvalue weighted by molar-refractivity contribution is -0.203. The fourth-order valence-corrected chi connectivity index (χ4v) is 2.84. The van der Waals surface area contributed by atoms with Crippen LogP contribution < -0.4 is 10.6 Å². The molecule has 26 heavy (non-hydrogen) atoms. The van der Waals surface area contributed by atoms with Gasteiger partial charge in [0.1, 0.15) is 30.5 Å². The Kier molecular flexibility index (Phi) is 6.39. The SMILES string of the molecule is CC(=O)N[C@@H]1[C@@H](O)[C@H](O)[C@@H](CO)O[C@H]1NC(=O)[C@H]1N=C(N(C)C)O[C@@H]1C. The van der Waals surface area contributed by atoms with Gasteiger partial charge in [-0.25, -0.2) is 4.99 Å². The van der Waals surface area contributed by atoms with Gasteiger partial charge in [0.2, 0.25) is 5.91 Å². The summed E-state index contributed by atoms with van der Waals surface area (Å²) in [5, 5.41) is 34.5. The topological polar surface area (TPSA) is 153 Å². The summed E-state index contributed by atoms with van der Waals surface area (Å²) < 4.78 is 11.0. The first kappa shape index (κ1) is 20.4. The van der Waals surface area contributed by atoms with Crippen molar-refractivity contribution < 1.29 is 34.4 Å². The predicted octanol–water partition coefficient (Wildman–Crippen LogP) is -3.25. The third kappa shape index (κ3) is 4.23. The molecule has 5 N–H and O–H groups in total. The molecule has 0 aromatic carbocycles. The van der Waals surface area contributed by atoms with Crippen molar-refractivity contribution in [2.24, 2.45) is 4.99 Å². The third-order valence-corrected chi connectivity index (χ3v) is 4.22. The Morgan fingerprint density at radius 3 is 2.38 bits per heavy atom. The number of hydrogen-bond acceptors (Lipinski definition) is 9. The number of aliphatic hydroxyl groups excluding tert-OH is 3. The molecule has 2 rings (SSSR count). The molecule has 11 nitrogen and oxygen atoms in total. The van der Waals surface area contributed by atoms with Crippen LogP contribution in [0.4, 0.5) is 0 Å². The minimum atomic E-state index is -1.44. The number of nitrogens with zero attached hydrogens (tertiary/aromatic N) is 2. The lowest BCUT2D eigenvalue weighted by atomic mass is 9.95. The van der Waals surface area contributed by atoms with Crippen LogP contribution in [0.1, 0.15) is 13.8 Å². The number of aliphatic hydroxyl groups is 3. The van der Waals surface area contributed by atoms with Gasteiger partial charge in [0.25, 0.3) is 11.9 Å². The van der Waals surface area contributed by atoms with Crippen LogP contribution in [-0.4, -0.2) is 101 Å². The van der Waals surface area contributed by atoms with Gasteiger partial charge in [-0.15, -0.1) is 0 Å². The van der Waals surface area contributed by atoms with Gasteiger partial charge in [-0.2, -0.15) is 0 Å². The molecule has 148 valence electrons. The number of aliphatic imine (C=N–C) groups is 1. The molecule has 0 aromatic rings. The number of amides is 2. The maximum Gasteiger partial charge on any atom is 0.288 e. The largest absolute Gasteiger partial charge is 0.459 e. The Morgan fingerprint density at radius 2 is 1.88 bits per heavy atom. The lowest BCUT2D eigenvalue weighted by Gasteiger charge is -2.42. The minimum Gasteiger partial charge on any atom is -0.459 e. The Hall–Kier alpha value is -1.95. The molecule has 11 heteroatoms. The fourth-order valence-electron chi connectivity index (χ4n) is 2.84. The summed E-state index contributed by atoms with van der Waals surface area (Å²) in [6.45, 7) is 2.35. The van der Waals surface area contributed by atoms with Gasteiger partial charge in [-0.05, 0) is 6.92 Å². The fraction of sp³-hybridized carbons (Fsp3) is 0.800. The zero-order chi connectivity index (χ0) is 19.6. The number of nitrogens with one attached hydrogen (secondary N) is 2. The monoisotopic (exact) mass is 374 g/mol. The van der Waals surface area contributed by atoms with E-state index in [9.17, 15) is 24.9 Å². The first-order valence-electron chi connectivity index (χ1n) is 8.27. The Morgan fingerprint density at radius 1 is 1.23 bits per heavy atom. The highest BCUT2D eigenvalue weighted by molar-refractivity contribution is 5.88. The van der Waals surface area contributed by atoms with Crippen molar-refractivity contribution in [1.82, 2.24) is 15.5 Å². The highest BCUT2D eigenvalue weighted by Crippen LogP contribution is 2.21. The molecule has 2 aliphatic heterocycles. The van der Waals surface area contributed by atoms with Crippen LogP contribution in [0.25, 0.3) is 0 Å². The molecule has 0 saturated carbocycles. The summed E-state index contributed by atoms with van der Waals surface area (Å²) in [5.74, 6) is -1.01. The number of ether oxygens (including phenoxy) is 2. The molecule has 1 saturated heterocycles. The van der Waals surface area contributed by atoms with Crippen molar-refractivity contribution >= 4 is 17.8 Å². The van der Waals surface area contributed by atoms with Crippen LogP contribution in [0.3, 0.4) is 0 Å².